The lowest BCUT2D eigenvalue weighted by Crippen LogP contribution is -2.49. The van der Waals surface area contributed by atoms with Crippen molar-refractivity contribution in [3.63, 3.8) is 0 Å². The first-order valence-corrected chi connectivity index (χ1v) is 12.0. The molecule has 1 fully saturated rings. The van der Waals surface area contributed by atoms with Gasteiger partial charge in [-0.2, -0.15) is 0 Å². The lowest BCUT2D eigenvalue weighted by Gasteiger charge is -2.43. The average molecular weight is 346 g/mol. The minimum Gasteiger partial charge on any atom is -0.415 e. The molecule has 24 heavy (non-hydrogen) atoms. The molecule has 0 unspecified atom stereocenters. The zero-order valence-electron chi connectivity index (χ0n) is 16.4. The summed E-state index contributed by atoms with van der Waals surface area (Å²) in [4.78, 5) is 2.65. The minimum atomic E-state index is -1.78. The fourth-order valence-corrected chi connectivity index (χ4v) is 11.2. The maximum Gasteiger partial charge on any atom is 0.200 e. The molecule has 1 saturated heterocycles. The van der Waals surface area contributed by atoms with Crippen molar-refractivity contribution < 1.29 is 4.43 Å². The van der Waals surface area contributed by atoms with Crippen LogP contribution in [0.15, 0.2) is 24.3 Å². The van der Waals surface area contributed by atoms with Crippen molar-refractivity contribution in [2.24, 2.45) is 0 Å². The molecule has 3 rings (SSSR count). The Kier molecular flexibility index (Phi) is 5.13. The predicted octanol–water partition coefficient (Wildman–Crippen LogP) is 5.94. The average Bonchev–Trinajstić information content (AvgIpc) is 3.09. The van der Waals surface area contributed by atoms with E-state index in [2.05, 4.69) is 70.7 Å². The van der Waals surface area contributed by atoms with Crippen LogP contribution < -0.4 is 4.90 Å². The summed E-state index contributed by atoms with van der Waals surface area (Å²) in [6.07, 6.45) is 2.65. The van der Waals surface area contributed by atoms with Crippen molar-refractivity contribution in [3.05, 3.63) is 29.8 Å². The predicted molar refractivity (Wildman–Crippen MR) is 107 cm³/mol. The molecule has 0 aromatic heterocycles. The highest BCUT2D eigenvalue weighted by molar-refractivity contribution is 6.77. The van der Waals surface area contributed by atoms with Gasteiger partial charge in [-0.3, -0.25) is 0 Å². The normalized spacial score (nSPS) is 23.5. The van der Waals surface area contributed by atoms with Crippen LogP contribution in [0.25, 0.3) is 0 Å². The fraction of sp³-hybridized carbons (Fsp3) is 0.714. The Morgan fingerprint density at radius 1 is 1.04 bits per heavy atom. The van der Waals surface area contributed by atoms with Crippen LogP contribution in [0.5, 0.6) is 0 Å². The fourth-order valence-electron chi connectivity index (χ4n) is 5.71. The Morgan fingerprint density at radius 3 is 2.29 bits per heavy atom. The Balaban J connectivity index is 1.85. The highest BCUT2D eigenvalue weighted by atomic mass is 28.4. The molecule has 0 bridgehead atoms. The van der Waals surface area contributed by atoms with Gasteiger partial charge in [0.1, 0.15) is 0 Å². The molecule has 0 radical (unpaired) electrons. The van der Waals surface area contributed by atoms with E-state index in [4.69, 9.17) is 4.43 Å². The van der Waals surface area contributed by atoms with Crippen LogP contribution in [0, 0.1) is 0 Å². The van der Waals surface area contributed by atoms with Gasteiger partial charge in [0, 0.05) is 30.8 Å². The number of benzene rings is 1. The topological polar surface area (TPSA) is 12.5 Å². The third-order valence-corrected chi connectivity index (χ3v) is 12.7. The van der Waals surface area contributed by atoms with Gasteiger partial charge in [0.15, 0.2) is 8.32 Å². The van der Waals surface area contributed by atoms with Crippen molar-refractivity contribution in [2.45, 2.75) is 83.0 Å². The third kappa shape index (κ3) is 2.74. The van der Waals surface area contributed by atoms with Gasteiger partial charge in [0.25, 0.3) is 0 Å². The van der Waals surface area contributed by atoms with Crippen LogP contribution in [0.3, 0.4) is 0 Å². The molecule has 0 amide bonds. The smallest absolute Gasteiger partial charge is 0.200 e. The highest BCUT2D eigenvalue weighted by Gasteiger charge is 2.47. The quantitative estimate of drug-likeness (QED) is 0.591. The summed E-state index contributed by atoms with van der Waals surface area (Å²) in [6, 6.07) is 9.70. The van der Waals surface area contributed by atoms with Gasteiger partial charge in [0.05, 0.1) is 0 Å². The van der Waals surface area contributed by atoms with Crippen molar-refractivity contribution in [3.8, 4) is 0 Å². The number of fused-ring (bicyclic) bond motifs is 3. The number of rotatable bonds is 6. The van der Waals surface area contributed by atoms with Gasteiger partial charge in [-0.05, 0) is 41.1 Å². The van der Waals surface area contributed by atoms with Gasteiger partial charge >= 0.3 is 0 Å². The maximum atomic E-state index is 6.98. The molecule has 0 aliphatic carbocycles. The standard InChI is InChI=1S/C21H35NOSi/c1-15(2)24(16(3)4,17(5)6)23-14-19-18-10-7-8-11-20(18)22-13-9-12-21(19)22/h7-8,10-11,15-17,19,21H,9,12-14H2,1-6H3/t19-,21-/m1/s1. The summed E-state index contributed by atoms with van der Waals surface area (Å²) < 4.78 is 6.98. The number of anilines is 1. The van der Waals surface area contributed by atoms with Gasteiger partial charge < -0.3 is 9.33 Å². The second-order valence-electron chi connectivity index (χ2n) is 8.70. The van der Waals surface area contributed by atoms with Gasteiger partial charge in [-0.1, -0.05) is 59.7 Å². The highest BCUT2D eigenvalue weighted by Crippen LogP contribution is 2.48. The Bertz CT molecular complexity index is 547. The van der Waals surface area contributed by atoms with Crippen LogP contribution >= 0.6 is 0 Å². The number of para-hydroxylation sites is 1. The first-order chi connectivity index (χ1) is 11.4. The molecule has 2 heterocycles. The summed E-state index contributed by atoms with van der Waals surface area (Å²) in [6.45, 7) is 16.5. The van der Waals surface area contributed by atoms with E-state index in [1.807, 2.05) is 0 Å². The molecule has 1 aromatic carbocycles. The number of hydrogen-bond donors (Lipinski definition) is 0. The van der Waals surface area contributed by atoms with Gasteiger partial charge in [-0.25, -0.2) is 0 Å². The monoisotopic (exact) mass is 345 g/mol. The molecule has 2 nitrogen and oxygen atoms in total. The second kappa shape index (κ2) is 6.84. The molecule has 0 N–H and O–H groups in total. The number of hydrogen-bond acceptors (Lipinski definition) is 2. The Labute approximate surface area is 149 Å². The van der Waals surface area contributed by atoms with Crippen LogP contribution in [-0.2, 0) is 4.43 Å². The first kappa shape index (κ1) is 18.0. The molecule has 0 saturated carbocycles. The van der Waals surface area contributed by atoms with Crippen molar-refractivity contribution in [2.75, 3.05) is 18.1 Å². The van der Waals surface area contributed by atoms with E-state index in [9.17, 15) is 0 Å². The minimum absolute atomic E-state index is 0.562. The lowest BCUT2D eigenvalue weighted by molar-refractivity contribution is 0.244. The molecule has 3 heteroatoms. The van der Waals surface area contributed by atoms with E-state index in [1.165, 1.54) is 30.6 Å². The largest absolute Gasteiger partial charge is 0.415 e. The van der Waals surface area contributed by atoms with Crippen molar-refractivity contribution in [1.82, 2.24) is 0 Å². The van der Waals surface area contributed by atoms with Crippen molar-refractivity contribution >= 4 is 14.0 Å². The zero-order chi connectivity index (χ0) is 17.5. The van der Waals surface area contributed by atoms with Gasteiger partial charge in [-0.15, -0.1) is 0 Å². The van der Waals surface area contributed by atoms with E-state index in [0.29, 0.717) is 28.6 Å². The van der Waals surface area contributed by atoms with E-state index in [0.717, 1.165) is 6.61 Å². The van der Waals surface area contributed by atoms with Crippen LogP contribution in [0.1, 0.15) is 65.9 Å². The summed E-state index contributed by atoms with van der Waals surface area (Å²) in [7, 11) is -1.78. The third-order valence-electron chi connectivity index (χ3n) is 6.63. The van der Waals surface area contributed by atoms with Crippen LogP contribution in [0.4, 0.5) is 5.69 Å². The summed E-state index contributed by atoms with van der Waals surface area (Å²) in [5.41, 5.74) is 4.98. The SMILES string of the molecule is CC(C)[Si](OC[C@@H]1c2ccccc2N2CCC[C@H]12)(C(C)C)C(C)C. The van der Waals surface area contributed by atoms with Crippen LogP contribution in [-0.4, -0.2) is 27.5 Å². The molecule has 2 aliphatic rings. The zero-order valence-corrected chi connectivity index (χ0v) is 17.4. The van der Waals surface area contributed by atoms with E-state index >= 15 is 0 Å². The van der Waals surface area contributed by atoms with Crippen LogP contribution in [0.2, 0.25) is 16.6 Å². The number of nitrogens with zero attached hydrogens (tertiary/aromatic N) is 1. The summed E-state index contributed by atoms with van der Waals surface area (Å²) in [5.74, 6) is 0.562. The molecular weight excluding hydrogens is 310 g/mol. The molecular formula is C21H35NOSi. The van der Waals surface area contributed by atoms with Crippen molar-refractivity contribution in [1.29, 1.82) is 0 Å². The van der Waals surface area contributed by atoms with E-state index in [-0.39, 0.29) is 0 Å². The molecule has 1 aromatic rings. The Hall–Kier alpha value is -0.803. The molecule has 134 valence electrons. The molecule has 0 spiro atoms. The van der Waals surface area contributed by atoms with E-state index in [1.54, 1.807) is 0 Å². The van der Waals surface area contributed by atoms with E-state index < -0.39 is 8.32 Å². The second-order valence-corrected chi connectivity index (χ2v) is 14.2. The molecule has 2 aliphatic heterocycles. The lowest BCUT2D eigenvalue weighted by atomic mass is 9.94. The maximum absolute atomic E-state index is 6.98. The van der Waals surface area contributed by atoms with Gasteiger partial charge in [0.2, 0.25) is 0 Å². The summed E-state index contributed by atoms with van der Waals surface area (Å²) >= 11 is 0. The molecule has 2 atom stereocenters. The Morgan fingerprint density at radius 2 is 1.67 bits per heavy atom. The summed E-state index contributed by atoms with van der Waals surface area (Å²) in [5, 5.41) is 0. The first-order valence-electron chi connectivity index (χ1n) is 9.89.